The van der Waals surface area contributed by atoms with Gasteiger partial charge in [0, 0.05) is 25.7 Å². The number of carbonyl (C=O) groups is 2. The van der Waals surface area contributed by atoms with Gasteiger partial charge in [0.25, 0.3) is 6.01 Å². The molecule has 0 saturated carbocycles. The molecule has 6 aromatic rings. The van der Waals surface area contributed by atoms with Gasteiger partial charge in [0.15, 0.2) is 5.82 Å². The van der Waals surface area contributed by atoms with Crippen LogP contribution in [-0.4, -0.2) is 54.3 Å². The maximum absolute atomic E-state index is 13.4. The summed E-state index contributed by atoms with van der Waals surface area (Å²) in [6, 6.07) is 20.7. The number of rotatable bonds is 11. The molecular formula is C33H30N6O8. The van der Waals surface area contributed by atoms with Crippen molar-refractivity contribution in [2.24, 2.45) is 7.05 Å². The summed E-state index contributed by atoms with van der Waals surface area (Å²) in [6.07, 6.45) is 1.05. The fourth-order valence-electron chi connectivity index (χ4n) is 5.06. The summed E-state index contributed by atoms with van der Waals surface area (Å²) >= 11 is 0. The Labute approximate surface area is 267 Å². The zero-order chi connectivity index (χ0) is 32.9. The number of esters is 1. The van der Waals surface area contributed by atoms with Crippen LogP contribution in [0.15, 0.2) is 88.6 Å². The third-order valence-corrected chi connectivity index (χ3v) is 7.08. The van der Waals surface area contributed by atoms with Crippen molar-refractivity contribution in [3.05, 3.63) is 107 Å². The van der Waals surface area contributed by atoms with Crippen LogP contribution in [0.1, 0.15) is 35.5 Å². The topological polar surface area (TPSA) is 166 Å². The van der Waals surface area contributed by atoms with E-state index in [-0.39, 0.29) is 12.2 Å². The van der Waals surface area contributed by atoms with E-state index in [0.717, 1.165) is 16.7 Å². The van der Waals surface area contributed by atoms with E-state index in [9.17, 15) is 14.4 Å². The number of nitrogens with zero attached hydrogens (tertiary/aromatic N) is 5. The van der Waals surface area contributed by atoms with Crippen molar-refractivity contribution in [2.75, 3.05) is 6.61 Å². The van der Waals surface area contributed by atoms with E-state index in [4.69, 9.17) is 23.5 Å². The lowest BCUT2D eigenvalue weighted by Gasteiger charge is -2.15. The van der Waals surface area contributed by atoms with Crippen LogP contribution < -0.4 is 10.5 Å². The summed E-state index contributed by atoms with van der Waals surface area (Å²) in [4.78, 5) is 48.4. The van der Waals surface area contributed by atoms with Crippen LogP contribution in [0.25, 0.3) is 33.5 Å². The van der Waals surface area contributed by atoms with E-state index in [0.29, 0.717) is 47.3 Å². The van der Waals surface area contributed by atoms with Crippen molar-refractivity contribution in [3.8, 4) is 28.5 Å². The van der Waals surface area contributed by atoms with Crippen LogP contribution in [0, 0.1) is 0 Å². The average molecular weight is 639 g/mol. The van der Waals surface area contributed by atoms with Crippen molar-refractivity contribution in [3.63, 3.8) is 0 Å². The smallest absolute Gasteiger partial charge is 0.465 e. The fourth-order valence-corrected chi connectivity index (χ4v) is 5.06. The molecule has 14 nitrogen and oxygen atoms in total. The minimum Gasteiger partial charge on any atom is -0.465 e. The number of aromatic nitrogens is 6. The maximum Gasteiger partial charge on any atom is 0.511 e. The summed E-state index contributed by atoms with van der Waals surface area (Å²) in [6.45, 7) is 3.85. The molecule has 3 aromatic carbocycles. The van der Waals surface area contributed by atoms with Crippen LogP contribution in [0.5, 0.6) is 6.01 Å². The Hall–Kier alpha value is -6.18. The van der Waals surface area contributed by atoms with E-state index in [1.54, 1.807) is 46.9 Å². The number of aryl methyl sites for hydroxylation is 1. The molecular weight excluding hydrogens is 608 g/mol. The monoisotopic (exact) mass is 638 g/mol. The molecule has 1 atom stereocenters. The van der Waals surface area contributed by atoms with E-state index in [1.807, 2.05) is 55.5 Å². The SMILES string of the molecule is CCOc1nc2cccc(C(=O)OC(C)OC(=O)OCc3cn(C)cn3)c2n1Cc1ccc(-c2ccccc2-c2noc(=O)[nH]2)cc1. The molecule has 0 fully saturated rings. The third kappa shape index (κ3) is 6.91. The van der Waals surface area contributed by atoms with Crippen molar-refractivity contribution in [1.29, 1.82) is 0 Å². The van der Waals surface area contributed by atoms with Gasteiger partial charge in [0.1, 0.15) is 6.61 Å². The number of hydrogen-bond donors (Lipinski definition) is 1. The van der Waals surface area contributed by atoms with Gasteiger partial charge in [-0.3, -0.25) is 14.1 Å². The second-order valence-electron chi connectivity index (χ2n) is 10.4. The molecule has 1 N–H and O–H groups in total. The predicted molar refractivity (Wildman–Crippen MR) is 167 cm³/mol. The number of H-pyrrole nitrogens is 1. The van der Waals surface area contributed by atoms with Crippen molar-refractivity contribution < 1.29 is 33.1 Å². The Bertz CT molecular complexity index is 2090. The molecule has 3 heterocycles. The van der Waals surface area contributed by atoms with Gasteiger partial charge in [-0.2, -0.15) is 4.98 Å². The first-order chi connectivity index (χ1) is 22.8. The number of hydrogen-bond acceptors (Lipinski definition) is 11. The van der Waals surface area contributed by atoms with E-state index >= 15 is 0 Å². The normalized spacial score (nSPS) is 11.7. The van der Waals surface area contributed by atoms with Gasteiger partial charge in [0.2, 0.25) is 6.29 Å². The minimum atomic E-state index is -1.23. The molecule has 6 rings (SSSR count). The number of nitrogens with one attached hydrogen (secondary N) is 1. The highest BCUT2D eigenvalue weighted by molar-refractivity contribution is 6.02. The lowest BCUT2D eigenvalue weighted by molar-refractivity contribution is -0.0834. The number of imidazole rings is 2. The first-order valence-electron chi connectivity index (χ1n) is 14.7. The highest BCUT2D eigenvalue weighted by atomic mass is 16.8. The summed E-state index contributed by atoms with van der Waals surface area (Å²) < 4.78 is 29.7. The quantitative estimate of drug-likeness (QED) is 0.148. The van der Waals surface area contributed by atoms with Crippen LogP contribution in [0.2, 0.25) is 0 Å². The second kappa shape index (κ2) is 13.4. The number of aromatic amines is 1. The fraction of sp³-hybridized carbons (Fsp3) is 0.212. The predicted octanol–water partition coefficient (Wildman–Crippen LogP) is 5.08. The van der Waals surface area contributed by atoms with Gasteiger partial charge in [-0.15, -0.1) is 0 Å². The highest BCUT2D eigenvalue weighted by Gasteiger charge is 2.23. The van der Waals surface area contributed by atoms with Crippen LogP contribution in [0.3, 0.4) is 0 Å². The Morgan fingerprint density at radius 1 is 1.00 bits per heavy atom. The number of ether oxygens (including phenoxy) is 4. The third-order valence-electron chi connectivity index (χ3n) is 7.08. The Balaban J connectivity index is 1.21. The molecule has 47 heavy (non-hydrogen) atoms. The lowest BCUT2D eigenvalue weighted by atomic mass is 9.98. The van der Waals surface area contributed by atoms with Crippen molar-refractivity contribution in [2.45, 2.75) is 33.3 Å². The summed E-state index contributed by atoms with van der Waals surface area (Å²) in [5.41, 5.74) is 5.14. The molecule has 0 saturated heterocycles. The first kappa shape index (κ1) is 30.8. The molecule has 0 bridgehead atoms. The molecule has 0 aliphatic rings. The minimum absolute atomic E-state index is 0.0883. The molecule has 0 aliphatic heterocycles. The molecule has 1 unspecified atom stereocenters. The number of benzene rings is 3. The van der Waals surface area contributed by atoms with Crippen LogP contribution >= 0.6 is 0 Å². The van der Waals surface area contributed by atoms with Crippen molar-refractivity contribution in [1.82, 2.24) is 29.2 Å². The summed E-state index contributed by atoms with van der Waals surface area (Å²) in [7, 11) is 1.80. The summed E-state index contributed by atoms with van der Waals surface area (Å²) in [5.74, 6) is -1.02. The maximum atomic E-state index is 13.4. The standard InChI is InChI=1S/C33H30N6O8/c1-4-43-31-35-27-11-7-10-26(30(40)45-20(2)46-33(42)44-18-23-17-38(3)19-34-23)28(27)39(31)16-21-12-14-22(15-13-21)24-8-5-6-9-25(24)29-36-32(41)47-37-29/h5-15,17,19-20H,4,16,18H2,1-3H3,(H,36,37,41). The van der Waals surface area contributed by atoms with Gasteiger partial charge in [-0.05, 0) is 35.7 Å². The molecule has 0 spiro atoms. The molecule has 0 aliphatic carbocycles. The molecule has 0 amide bonds. The second-order valence-corrected chi connectivity index (χ2v) is 10.4. The Morgan fingerprint density at radius 3 is 2.49 bits per heavy atom. The Kier molecular flexibility index (Phi) is 8.82. The number of fused-ring (bicyclic) bond motifs is 1. The molecule has 0 radical (unpaired) electrons. The van der Waals surface area contributed by atoms with E-state index in [1.165, 1.54) is 6.92 Å². The summed E-state index contributed by atoms with van der Waals surface area (Å²) in [5, 5.41) is 3.83. The largest absolute Gasteiger partial charge is 0.511 e. The molecule has 14 heteroatoms. The highest BCUT2D eigenvalue weighted by Crippen LogP contribution is 2.31. The Morgan fingerprint density at radius 2 is 1.79 bits per heavy atom. The zero-order valence-corrected chi connectivity index (χ0v) is 25.7. The van der Waals surface area contributed by atoms with Gasteiger partial charge in [-0.1, -0.05) is 59.8 Å². The molecule has 240 valence electrons. The van der Waals surface area contributed by atoms with E-state index in [2.05, 4.69) is 20.1 Å². The first-order valence-corrected chi connectivity index (χ1v) is 14.7. The van der Waals surface area contributed by atoms with Crippen LogP contribution in [0.4, 0.5) is 4.79 Å². The van der Waals surface area contributed by atoms with Gasteiger partial charge < -0.3 is 23.5 Å². The van der Waals surface area contributed by atoms with Crippen LogP contribution in [-0.2, 0) is 34.4 Å². The zero-order valence-electron chi connectivity index (χ0n) is 25.7. The lowest BCUT2D eigenvalue weighted by Crippen LogP contribution is -2.22. The number of carbonyl (C=O) groups excluding carboxylic acids is 2. The van der Waals surface area contributed by atoms with Gasteiger partial charge in [-0.25, -0.2) is 19.4 Å². The van der Waals surface area contributed by atoms with Crippen molar-refractivity contribution >= 4 is 23.2 Å². The van der Waals surface area contributed by atoms with E-state index < -0.39 is 24.2 Å². The number of para-hydroxylation sites is 1. The van der Waals surface area contributed by atoms with Gasteiger partial charge in [0.05, 0.1) is 41.8 Å². The molecule has 3 aromatic heterocycles. The average Bonchev–Trinajstić information content (AvgIpc) is 3.78. The van der Waals surface area contributed by atoms with Gasteiger partial charge >= 0.3 is 17.9 Å².